The van der Waals surface area contributed by atoms with Crippen LogP contribution < -0.4 is 4.90 Å². The molecule has 1 unspecified atom stereocenters. The smallest absolute Gasteiger partial charge is 0.243 e. The molecule has 2 aromatic carbocycles. The normalized spacial score (nSPS) is 20.3. The lowest BCUT2D eigenvalue weighted by molar-refractivity contribution is -0.169. The van der Waals surface area contributed by atoms with E-state index in [0.717, 1.165) is 27.8 Å². The van der Waals surface area contributed by atoms with Gasteiger partial charge in [0.2, 0.25) is 5.91 Å². The van der Waals surface area contributed by atoms with Gasteiger partial charge in [-0.25, -0.2) is 0 Å². The summed E-state index contributed by atoms with van der Waals surface area (Å²) in [7, 11) is 0. The molecule has 1 atom stereocenters. The van der Waals surface area contributed by atoms with Crippen LogP contribution in [0.3, 0.4) is 0 Å². The SMILES string of the molecule is C=C/C=C(\C=C)CON1CCC2(CC1)C(=O)C(c1c(C)cc(C)cc1C)C(=O)N2c1ccc(Cl)cc1. The fourth-order valence-corrected chi connectivity index (χ4v) is 5.77. The van der Waals surface area contributed by atoms with Crippen molar-refractivity contribution in [2.24, 2.45) is 0 Å². The molecule has 188 valence electrons. The molecule has 2 aliphatic rings. The Morgan fingerprint density at radius 2 is 1.69 bits per heavy atom. The molecule has 0 saturated carbocycles. The zero-order valence-corrected chi connectivity index (χ0v) is 22.0. The summed E-state index contributed by atoms with van der Waals surface area (Å²) in [5, 5.41) is 2.46. The molecule has 1 amide bonds. The summed E-state index contributed by atoms with van der Waals surface area (Å²) in [5.74, 6) is -1.03. The highest BCUT2D eigenvalue weighted by molar-refractivity contribution is 6.31. The number of piperidine rings is 1. The number of carbonyl (C=O) groups excluding carboxylic acids is 2. The van der Waals surface area contributed by atoms with Crippen LogP contribution in [0.15, 0.2) is 73.4 Å². The second-order valence-corrected chi connectivity index (χ2v) is 10.1. The molecule has 0 radical (unpaired) electrons. The van der Waals surface area contributed by atoms with Crippen molar-refractivity contribution < 1.29 is 14.4 Å². The monoisotopic (exact) mass is 504 g/mol. The number of rotatable bonds is 7. The van der Waals surface area contributed by atoms with Crippen LogP contribution in [0.1, 0.15) is 41.0 Å². The zero-order valence-electron chi connectivity index (χ0n) is 21.2. The highest BCUT2D eigenvalue weighted by Gasteiger charge is 2.60. The van der Waals surface area contributed by atoms with Crippen LogP contribution in [0.4, 0.5) is 5.69 Å². The lowest BCUT2D eigenvalue weighted by Gasteiger charge is -2.43. The third kappa shape index (κ3) is 4.71. The minimum absolute atomic E-state index is 0.0320. The van der Waals surface area contributed by atoms with Gasteiger partial charge in [-0.1, -0.05) is 60.7 Å². The van der Waals surface area contributed by atoms with E-state index in [4.69, 9.17) is 16.4 Å². The van der Waals surface area contributed by atoms with Crippen molar-refractivity contribution >= 4 is 29.0 Å². The van der Waals surface area contributed by atoms with Gasteiger partial charge in [-0.2, -0.15) is 5.06 Å². The van der Waals surface area contributed by atoms with E-state index in [1.807, 2.05) is 56.2 Å². The van der Waals surface area contributed by atoms with E-state index in [9.17, 15) is 9.59 Å². The van der Waals surface area contributed by atoms with Gasteiger partial charge in [0.25, 0.3) is 0 Å². The Kier molecular flexibility index (Phi) is 7.65. The molecule has 0 aliphatic carbocycles. The summed E-state index contributed by atoms with van der Waals surface area (Å²) in [4.78, 5) is 36.0. The van der Waals surface area contributed by atoms with Gasteiger partial charge >= 0.3 is 0 Å². The van der Waals surface area contributed by atoms with E-state index < -0.39 is 11.5 Å². The summed E-state index contributed by atoms with van der Waals surface area (Å²) in [6, 6.07) is 11.3. The summed E-state index contributed by atoms with van der Waals surface area (Å²) < 4.78 is 0. The molecule has 2 aliphatic heterocycles. The first-order chi connectivity index (χ1) is 17.2. The fraction of sp³-hybridized carbons (Fsp3) is 0.333. The van der Waals surface area contributed by atoms with E-state index in [-0.39, 0.29) is 11.7 Å². The van der Waals surface area contributed by atoms with Crippen molar-refractivity contribution in [3.8, 4) is 0 Å². The molecule has 36 heavy (non-hydrogen) atoms. The average molecular weight is 505 g/mol. The van der Waals surface area contributed by atoms with Crippen LogP contribution in [0.5, 0.6) is 0 Å². The minimum Gasteiger partial charge on any atom is -0.298 e. The van der Waals surface area contributed by atoms with E-state index in [1.165, 1.54) is 0 Å². The van der Waals surface area contributed by atoms with E-state index in [2.05, 4.69) is 13.2 Å². The van der Waals surface area contributed by atoms with E-state index >= 15 is 0 Å². The number of hydroxylamine groups is 2. The summed E-state index contributed by atoms with van der Waals surface area (Å²) in [6.07, 6.45) is 6.26. The third-order valence-corrected chi connectivity index (χ3v) is 7.54. The predicted octanol–water partition coefficient (Wildman–Crippen LogP) is 6.03. The van der Waals surface area contributed by atoms with Crippen LogP contribution >= 0.6 is 11.6 Å². The molecule has 2 fully saturated rings. The number of amides is 1. The van der Waals surface area contributed by atoms with Crippen molar-refractivity contribution in [1.29, 1.82) is 0 Å². The summed E-state index contributed by atoms with van der Waals surface area (Å²) >= 11 is 6.14. The van der Waals surface area contributed by atoms with Gasteiger partial charge in [0.1, 0.15) is 11.5 Å². The number of hydrogen-bond donors (Lipinski definition) is 0. The quantitative estimate of drug-likeness (QED) is 0.341. The van der Waals surface area contributed by atoms with Crippen molar-refractivity contribution in [3.63, 3.8) is 0 Å². The standard InChI is InChI=1S/C30H33ClN2O3/c1-6-8-23(7-2)19-36-32-15-13-30(14-16-32)28(34)27(26-21(4)17-20(3)18-22(26)5)29(35)33(30)25-11-9-24(31)10-12-25/h6-12,17-18,27H,1-2,13-16,19H2,3-5H3/b23-8+. The Labute approximate surface area is 218 Å². The second-order valence-electron chi connectivity index (χ2n) is 9.68. The van der Waals surface area contributed by atoms with Crippen LogP contribution in [0.2, 0.25) is 5.02 Å². The van der Waals surface area contributed by atoms with Crippen molar-refractivity contribution in [2.45, 2.75) is 45.1 Å². The van der Waals surface area contributed by atoms with Crippen LogP contribution in [0.25, 0.3) is 0 Å². The van der Waals surface area contributed by atoms with E-state index in [1.54, 1.807) is 29.2 Å². The predicted molar refractivity (Wildman–Crippen MR) is 145 cm³/mol. The van der Waals surface area contributed by atoms with Crippen molar-refractivity contribution in [3.05, 3.63) is 101 Å². The number of ketones is 1. The minimum atomic E-state index is -0.933. The maximum Gasteiger partial charge on any atom is 0.243 e. The van der Waals surface area contributed by atoms with Crippen molar-refractivity contribution in [2.75, 3.05) is 24.6 Å². The lowest BCUT2D eigenvalue weighted by Crippen LogP contribution is -2.56. The molecule has 5 nitrogen and oxygen atoms in total. The fourth-order valence-electron chi connectivity index (χ4n) is 5.64. The number of hydrogen-bond acceptors (Lipinski definition) is 4. The Morgan fingerprint density at radius 1 is 1.08 bits per heavy atom. The van der Waals surface area contributed by atoms with Gasteiger partial charge in [0.05, 0.1) is 6.61 Å². The third-order valence-electron chi connectivity index (χ3n) is 7.29. The van der Waals surface area contributed by atoms with Gasteiger partial charge in [-0.15, -0.1) is 0 Å². The summed E-state index contributed by atoms with van der Waals surface area (Å²) in [5.41, 5.74) is 4.57. The lowest BCUT2D eigenvalue weighted by atomic mass is 9.78. The highest BCUT2D eigenvalue weighted by Crippen LogP contribution is 2.47. The molecule has 1 spiro atoms. The van der Waals surface area contributed by atoms with Crippen LogP contribution in [0, 0.1) is 20.8 Å². The number of aryl methyl sites for hydroxylation is 3. The molecule has 0 N–H and O–H groups in total. The number of allylic oxidation sites excluding steroid dienone is 2. The number of halogens is 1. The maximum absolute atomic E-state index is 14.3. The molecule has 0 bridgehead atoms. The Bertz CT molecular complexity index is 1200. The number of Topliss-reactive ketones (excluding diaryl/α,β-unsaturated/α-hetero) is 1. The number of nitrogens with zero attached hydrogens (tertiary/aromatic N) is 2. The van der Waals surface area contributed by atoms with Gasteiger partial charge in [0, 0.05) is 23.8 Å². The molecule has 2 saturated heterocycles. The molecule has 2 aromatic rings. The van der Waals surface area contributed by atoms with Gasteiger partial charge < -0.3 is 0 Å². The zero-order chi connectivity index (χ0) is 26.0. The first-order valence-electron chi connectivity index (χ1n) is 12.3. The van der Waals surface area contributed by atoms with Crippen LogP contribution in [-0.2, 0) is 14.4 Å². The topological polar surface area (TPSA) is 49.9 Å². The molecule has 6 heteroatoms. The van der Waals surface area contributed by atoms with Crippen LogP contribution in [-0.4, -0.2) is 42.0 Å². The molecule has 0 aromatic heterocycles. The van der Waals surface area contributed by atoms with Gasteiger partial charge in [-0.3, -0.25) is 19.3 Å². The molecule has 2 heterocycles. The number of anilines is 1. The Morgan fingerprint density at radius 3 is 2.25 bits per heavy atom. The first kappa shape index (κ1) is 26.1. The molecular formula is C30H33ClN2O3. The Hall–Kier alpha value is -2.99. The van der Waals surface area contributed by atoms with E-state index in [0.29, 0.717) is 43.2 Å². The largest absolute Gasteiger partial charge is 0.298 e. The maximum atomic E-state index is 14.3. The van der Waals surface area contributed by atoms with Gasteiger partial charge in [-0.05, 0) is 80.1 Å². The van der Waals surface area contributed by atoms with Crippen molar-refractivity contribution in [1.82, 2.24) is 5.06 Å². The molecule has 4 rings (SSSR count). The Balaban J connectivity index is 1.69. The second kappa shape index (κ2) is 10.6. The molecular weight excluding hydrogens is 472 g/mol. The number of carbonyl (C=O) groups is 2. The summed E-state index contributed by atoms with van der Waals surface area (Å²) in [6.45, 7) is 15.0. The average Bonchev–Trinajstić information content (AvgIpc) is 3.04. The highest BCUT2D eigenvalue weighted by atomic mass is 35.5. The van der Waals surface area contributed by atoms with Gasteiger partial charge in [0.15, 0.2) is 5.78 Å². The first-order valence-corrected chi connectivity index (χ1v) is 12.6. The number of benzene rings is 2.